The fourth-order valence-corrected chi connectivity index (χ4v) is 5.23. The summed E-state index contributed by atoms with van der Waals surface area (Å²) in [6.45, 7) is 2.97. The van der Waals surface area contributed by atoms with Crippen LogP contribution in [-0.4, -0.2) is 56.6 Å². The molecule has 0 aromatic carbocycles. The fraction of sp³-hybridized carbons (Fsp3) is 0.875. The van der Waals surface area contributed by atoms with E-state index in [0.717, 1.165) is 38.0 Å². The predicted molar refractivity (Wildman–Crippen MR) is 92.2 cm³/mol. The maximum absolute atomic E-state index is 12.4. The third kappa shape index (κ3) is 4.53. The Morgan fingerprint density at radius 3 is 2.78 bits per heavy atom. The summed E-state index contributed by atoms with van der Waals surface area (Å²) in [6, 6.07) is 0.277. The van der Waals surface area contributed by atoms with E-state index in [9.17, 15) is 9.59 Å². The molecule has 0 aromatic heterocycles. The summed E-state index contributed by atoms with van der Waals surface area (Å²) in [4.78, 5) is 25.0. The zero-order chi connectivity index (χ0) is 16.8. The average Bonchev–Trinajstić information content (AvgIpc) is 3.02. The molecule has 23 heavy (non-hydrogen) atoms. The largest absolute Gasteiger partial charge is 0.481 e. The number of thioether (sulfide) groups is 1. The van der Waals surface area contributed by atoms with Crippen molar-refractivity contribution in [3.05, 3.63) is 0 Å². The van der Waals surface area contributed by atoms with E-state index in [-0.39, 0.29) is 24.5 Å². The number of hydrazine groups is 1. The van der Waals surface area contributed by atoms with Crippen molar-refractivity contribution in [3.8, 4) is 0 Å². The van der Waals surface area contributed by atoms with Crippen molar-refractivity contribution >= 4 is 23.8 Å². The van der Waals surface area contributed by atoms with Crippen LogP contribution in [0.1, 0.15) is 58.3 Å². The van der Waals surface area contributed by atoms with Crippen LogP contribution < -0.4 is 5.84 Å². The summed E-state index contributed by atoms with van der Waals surface area (Å²) in [6.07, 6.45) is 7.38. The SMILES string of the molecule is CCCCCCN1C(=O)N(N)[C@@H]2CS[C@H](CCCCC(=O)O)[C@@H]21. The molecule has 2 heterocycles. The van der Waals surface area contributed by atoms with Crippen LogP contribution in [0.4, 0.5) is 4.79 Å². The highest BCUT2D eigenvalue weighted by molar-refractivity contribution is 8.00. The number of aliphatic carboxylic acids is 1. The number of carboxylic acid groups (broad SMARTS) is 1. The minimum absolute atomic E-state index is 0.0349. The molecule has 2 aliphatic rings. The van der Waals surface area contributed by atoms with Crippen LogP contribution in [0.15, 0.2) is 0 Å². The van der Waals surface area contributed by atoms with Gasteiger partial charge in [-0.3, -0.25) is 9.80 Å². The van der Waals surface area contributed by atoms with E-state index < -0.39 is 5.97 Å². The van der Waals surface area contributed by atoms with Crippen molar-refractivity contribution in [2.45, 2.75) is 75.6 Å². The second-order valence-corrected chi connectivity index (χ2v) is 7.79. The number of carbonyl (C=O) groups is 2. The molecule has 0 aliphatic carbocycles. The maximum Gasteiger partial charge on any atom is 0.334 e. The number of hydrogen-bond donors (Lipinski definition) is 2. The molecule has 2 aliphatic heterocycles. The lowest BCUT2D eigenvalue weighted by Crippen LogP contribution is -2.42. The number of amides is 2. The first-order valence-corrected chi connectivity index (χ1v) is 9.79. The summed E-state index contributed by atoms with van der Waals surface area (Å²) in [5, 5.41) is 10.5. The Balaban J connectivity index is 1.87. The van der Waals surface area contributed by atoms with Gasteiger partial charge in [0.25, 0.3) is 0 Å². The number of hydrogen-bond acceptors (Lipinski definition) is 4. The van der Waals surface area contributed by atoms with Crippen LogP contribution in [-0.2, 0) is 4.79 Å². The Kier molecular flexibility index (Phi) is 7.02. The monoisotopic (exact) mass is 343 g/mol. The third-order valence-electron chi connectivity index (χ3n) is 4.82. The van der Waals surface area contributed by atoms with Gasteiger partial charge < -0.3 is 10.0 Å². The molecule has 0 saturated carbocycles. The zero-order valence-corrected chi connectivity index (χ0v) is 14.8. The molecule has 0 aromatic rings. The molecule has 6 nitrogen and oxygen atoms in total. The first kappa shape index (κ1) is 18.4. The minimum Gasteiger partial charge on any atom is -0.481 e. The second kappa shape index (κ2) is 8.78. The van der Waals surface area contributed by atoms with Crippen molar-refractivity contribution in [2.75, 3.05) is 12.3 Å². The van der Waals surface area contributed by atoms with E-state index in [1.807, 2.05) is 16.7 Å². The van der Waals surface area contributed by atoms with Crippen LogP contribution in [0, 0.1) is 0 Å². The van der Waals surface area contributed by atoms with E-state index in [4.69, 9.17) is 10.9 Å². The number of nitrogens with two attached hydrogens (primary N) is 1. The molecule has 3 atom stereocenters. The second-order valence-electron chi connectivity index (χ2n) is 6.51. The lowest BCUT2D eigenvalue weighted by molar-refractivity contribution is -0.137. The lowest BCUT2D eigenvalue weighted by Gasteiger charge is -2.27. The van der Waals surface area contributed by atoms with E-state index in [1.165, 1.54) is 17.9 Å². The van der Waals surface area contributed by atoms with Crippen LogP contribution >= 0.6 is 11.8 Å². The molecule has 2 amide bonds. The molecule has 2 fully saturated rings. The Bertz CT molecular complexity index is 421. The third-order valence-corrected chi connectivity index (χ3v) is 6.30. The fourth-order valence-electron chi connectivity index (χ4n) is 3.57. The Morgan fingerprint density at radius 1 is 1.30 bits per heavy atom. The summed E-state index contributed by atoms with van der Waals surface area (Å²) < 4.78 is 0. The van der Waals surface area contributed by atoms with Gasteiger partial charge in [0.05, 0.1) is 12.1 Å². The highest BCUT2D eigenvalue weighted by atomic mass is 32.2. The molecular formula is C16H29N3O3S. The van der Waals surface area contributed by atoms with Crippen molar-refractivity contribution in [1.29, 1.82) is 0 Å². The van der Waals surface area contributed by atoms with Crippen molar-refractivity contribution in [2.24, 2.45) is 5.84 Å². The van der Waals surface area contributed by atoms with Gasteiger partial charge in [0.2, 0.25) is 0 Å². The van der Waals surface area contributed by atoms with Crippen molar-refractivity contribution < 1.29 is 14.7 Å². The molecule has 7 heteroatoms. The smallest absolute Gasteiger partial charge is 0.334 e. The quantitative estimate of drug-likeness (QED) is 0.276. The van der Waals surface area contributed by atoms with Gasteiger partial charge in [0.1, 0.15) is 0 Å². The van der Waals surface area contributed by atoms with E-state index >= 15 is 0 Å². The maximum atomic E-state index is 12.4. The number of urea groups is 1. The summed E-state index contributed by atoms with van der Waals surface area (Å²) >= 11 is 1.88. The number of fused-ring (bicyclic) bond motifs is 1. The number of carboxylic acids is 1. The number of rotatable bonds is 10. The van der Waals surface area contributed by atoms with E-state index in [2.05, 4.69) is 6.92 Å². The molecule has 132 valence electrons. The molecular weight excluding hydrogens is 314 g/mol. The predicted octanol–water partition coefficient (Wildman–Crippen LogP) is 2.68. The van der Waals surface area contributed by atoms with Gasteiger partial charge in [-0.15, -0.1) is 0 Å². The minimum atomic E-state index is -0.733. The normalized spacial score (nSPS) is 26.9. The van der Waals surface area contributed by atoms with Gasteiger partial charge in [-0.05, 0) is 19.3 Å². The van der Waals surface area contributed by atoms with Gasteiger partial charge in [-0.2, -0.15) is 11.8 Å². The first-order valence-electron chi connectivity index (χ1n) is 8.74. The molecule has 0 radical (unpaired) electrons. The van der Waals surface area contributed by atoms with Crippen LogP contribution in [0.3, 0.4) is 0 Å². The van der Waals surface area contributed by atoms with Crippen molar-refractivity contribution in [3.63, 3.8) is 0 Å². The summed E-state index contributed by atoms with van der Waals surface area (Å²) in [7, 11) is 0. The Labute approximate surface area is 142 Å². The highest BCUT2D eigenvalue weighted by Crippen LogP contribution is 2.40. The molecule has 2 rings (SSSR count). The summed E-state index contributed by atoms with van der Waals surface area (Å²) in [5.74, 6) is 6.15. The van der Waals surface area contributed by atoms with Gasteiger partial charge in [0, 0.05) is 24.0 Å². The Hall–Kier alpha value is -0.950. The number of unbranched alkanes of at least 4 members (excludes halogenated alkanes) is 4. The zero-order valence-electron chi connectivity index (χ0n) is 13.9. The van der Waals surface area contributed by atoms with Gasteiger partial charge >= 0.3 is 12.0 Å². The molecule has 0 bridgehead atoms. The molecule has 0 unspecified atom stereocenters. The van der Waals surface area contributed by atoms with Gasteiger partial charge in [-0.25, -0.2) is 10.6 Å². The first-order chi connectivity index (χ1) is 11.1. The molecule has 0 spiro atoms. The molecule has 3 N–H and O–H groups in total. The standard InChI is InChI=1S/C16H29N3O3S/c1-2-3-4-7-10-18-15-12(19(17)16(18)22)11-23-13(15)8-5-6-9-14(20)21/h12-13,15H,2-11,17H2,1H3,(H,20,21)/t12-,13-,15-/m1/s1. The van der Waals surface area contributed by atoms with E-state index in [1.54, 1.807) is 0 Å². The van der Waals surface area contributed by atoms with E-state index in [0.29, 0.717) is 11.7 Å². The molecule has 2 saturated heterocycles. The topological polar surface area (TPSA) is 86.9 Å². The number of carbonyl (C=O) groups excluding carboxylic acids is 1. The summed E-state index contributed by atoms with van der Waals surface area (Å²) in [5.41, 5.74) is 0. The Morgan fingerprint density at radius 2 is 2.09 bits per heavy atom. The average molecular weight is 343 g/mol. The van der Waals surface area contributed by atoms with Crippen LogP contribution in [0.25, 0.3) is 0 Å². The van der Waals surface area contributed by atoms with Crippen LogP contribution in [0.2, 0.25) is 0 Å². The van der Waals surface area contributed by atoms with Crippen molar-refractivity contribution in [1.82, 2.24) is 9.91 Å². The van der Waals surface area contributed by atoms with Gasteiger partial charge in [-0.1, -0.05) is 32.6 Å². The lowest BCUT2D eigenvalue weighted by atomic mass is 10.0. The van der Waals surface area contributed by atoms with Gasteiger partial charge in [0.15, 0.2) is 0 Å². The number of nitrogens with zero attached hydrogens (tertiary/aromatic N) is 2. The highest BCUT2D eigenvalue weighted by Gasteiger charge is 2.51. The van der Waals surface area contributed by atoms with Crippen LogP contribution in [0.5, 0.6) is 0 Å².